The maximum absolute atomic E-state index is 10.8. The Labute approximate surface area is 97.8 Å². The van der Waals surface area contributed by atoms with Crippen LogP contribution in [0, 0.1) is 11.3 Å². The van der Waals surface area contributed by atoms with Crippen LogP contribution in [0.3, 0.4) is 0 Å². The van der Waals surface area contributed by atoms with Crippen LogP contribution in [0.15, 0.2) is 0 Å². The summed E-state index contributed by atoms with van der Waals surface area (Å²) in [6, 6.07) is 0. The standard InChI is InChI=1S/C13H23NO2/c1-2-7-14(9-11-3-4-11)10-13(5-6-13)8-12(15)16/h11H,2-10H2,1H3,(H,15,16). The largest absolute Gasteiger partial charge is 0.481 e. The maximum atomic E-state index is 10.8. The molecule has 0 amide bonds. The average molecular weight is 225 g/mol. The highest BCUT2D eigenvalue weighted by molar-refractivity contribution is 5.68. The Balaban J connectivity index is 1.81. The summed E-state index contributed by atoms with van der Waals surface area (Å²) in [4.78, 5) is 13.3. The minimum atomic E-state index is -0.625. The van der Waals surface area contributed by atoms with Crippen molar-refractivity contribution in [1.82, 2.24) is 4.90 Å². The molecular weight excluding hydrogens is 202 g/mol. The average Bonchev–Trinajstić information content (AvgIpc) is 3.04. The molecule has 2 aliphatic carbocycles. The molecule has 0 aromatic rings. The van der Waals surface area contributed by atoms with E-state index in [0.29, 0.717) is 6.42 Å². The fourth-order valence-corrected chi connectivity index (χ4v) is 2.58. The Hall–Kier alpha value is -0.570. The molecule has 0 aromatic carbocycles. The van der Waals surface area contributed by atoms with Crippen LogP contribution in [-0.2, 0) is 4.79 Å². The lowest BCUT2D eigenvalue weighted by atomic mass is 10.0. The molecule has 2 rings (SSSR count). The minimum absolute atomic E-state index is 0.135. The molecule has 2 saturated carbocycles. The van der Waals surface area contributed by atoms with Crippen molar-refractivity contribution in [2.24, 2.45) is 11.3 Å². The Kier molecular flexibility index (Phi) is 3.53. The molecule has 92 valence electrons. The second-order valence-electron chi connectivity index (χ2n) is 5.75. The van der Waals surface area contributed by atoms with Crippen LogP contribution in [-0.4, -0.2) is 35.6 Å². The molecule has 3 heteroatoms. The zero-order valence-corrected chi connectivity index (χ0v) is 10.2. The summed E-state index contributed by atoms with van der Waals surface area (Å²) < 4.78 is 0. The lowest BCUT2D eigenvalue weighted by Crippen LogP contribution is -2.34. The summed E-state index contributed by atoms with van der Waals surface area (Å²) in [5.74, 6) is 0.285. The van der Waals surface area contributed by atoms with Crippen molar-refractivity contribution in [3.8, 4) is 0 Å². The van der Waals surface area contributed by atoms with Gasteiger partial charge in [-0.05, 0) is 50.0 Å². The monoisotopic (exact) mass is 225 g/mol. The molecule has 0 heterocycles. The molecule has 16 heavy (non-hydrogen) atoms. The van der Waals surface area contributed by atoms with E-state index in [-0.39, 0.29) is 5.41 Å². The summed E-state index contributed by atoms with van der Waals surface area (Å²) in [5.41, 5.74) is 0.135. The zero-order valence-electron chi connectivity index (χ0n) is 10.2. The van der Waals surface area contributed by atoms with Gasteiger partial charge in [0, 0.05) is 13.1 Å². The van der Waals surface area contributed by atoms with Crippen molar-refractivity contribution in [2.75, 3.05) is 19.6 Å². The van der Waals surface area contributed by atoms with E-state index >= 15 is 0 Å². The van der Waals surface area contributed by atoms with Gasteiger partial charge >= 0.3 is 5.97 Å². The quantitative estimate of drug-likeness (QED) is 0.689. The minimum Gasteiger partial charge on any atom is -0.481 e. The molecule has 0 aromatic heterocycles. The predicted molar refractivity (Wildman–Crippen MR) is 63.4 cm³/mol. The van der Waals surface area contributed by atoms with Crippen LogP contribution in [0.1, 0.15) is 45.4 Å². The van der Waals surface area contributed by atoms with Gasteiger partial charge in [0.2, 0.25) is 0 Å². The molecule has 0 bridgehead atoms. The lowest BCUT2D eigenvalue weighted by molar-refractivity contribution is -0.138. The lowest BCUT2D eigenvalue weighted by Gasteiger charge is -2.26. The van der Waals surface area contributed by atoms with Gasteiger partial charge in [0.25, 0.3) is 0 Å². The number of hydrogen-bond donors (Lipinski definition) is 1. The molecule has 0 saturated heterocycles. The van der Waals surface area contributed by atoms with Crippen molar-refractivity contribution < 1.29 is 9.90 Å². The molecule has 0 radical (unpaired) electrons. The van der Waals surface area contributed by atoms with Crippen molar-refractivity contribution >= 4 is 5.97 Å². The van der Waals surface area contributed by atoms with Gasteiger partial charge in [-0.15, -0.1) is 0 Å². The Morgan fingerprint density at radius 2 is 2.12 bits per heavy atom. The van der Waals surface area contributed by atoms with E-state index in [1.165, 1.54) is 25.8 Å². The van der Waals surface area contributed by atoms with Gasteiger partial charge < -0.3 is 10.0 Å². The van der Waals surface area contributed by atoms with E-state index in [4.69, 9.17) is 5.11 Å². The molecule has 0 unspecified atom stereocenters. The molecule has 2 fully saturated rings. The third-order valence-electron chi connectivity index (χ3n) is 3.80. The molecule has 1 N–H and O–H groups in total. The number of rotatable bonds is 8. The molecule has 2 aliphatic rings. The Morgan fingerprint density at radius 3 is 2.56 bits per heavy atom. The zero-order chi connectivity index (χ0) is 11.6. The van der Waals surface area contributed by atoms with Crippen molar-refractivity contribution in [3.05, 3.63) is 0 Å². The topological polar surface area (TPSA) is 40.5 Å². The SMILES string of the molecule is CCCN(CC1CC1)CC1(CC(=O)O)CC1. The van der Waals surface area contributed by atoms with Gasteiger partial charge in [-0.25, -0.2) is 0 Å². The number of hydrogen-bond acceptors (Lipinski definition) is 2. The van der Waals surface area contributed by atoms with Gasteiger partial charge in [-0.1, -0.05) is 6.92 Å². The fraction of sp³-hybridized carbons (Fsp3) is 0.923. The highest BCUT2D eigenvalue weighted by Gasteiger charge is 2.45. The Bertz CT molecular complexity index is 257. The number of carboxylic acid groups (broad SMARTS) is 1. The van der Waals surface area contributed by atoms with Crippen molar-refractivity contribution in [2.45, 2.75) is 45.4 Å². The van der Waals surface area contributed by atoms with E-state index in [1.807, 2.05) is 0 Å². The summed E-state index contributed by atoms with van der Waals surface area (Å²) in [6.45, 7) is 5.56. The highest BCUT2D eigenvalue weighted by Crippen LogP contribution is 2.49. The summed E-state index contributed by atoms with van der Waals surface area (Å²) in [5, 5.41) is 8.91. The fourth-order valence-electron chi connectivity index (χ4n) is 2.58. The van der Waals surface area contributed by atoms with Gasteiger partial charge in [0.1, 0.15) is 0 Å². The third kappa shape index (κ3) is 3.48. The van der Waals surface area contributed by atoms with Crippen LogP contribution in [0.25, 0.3) is 0 Å². The smallest absolute Gasteiger partial charge is 0.303 e. The van der Waals surface area contributed by atoms with Crippen molar-refractivity contribution in [1.29, 1.82) is 0 Å². The second-order valence-corrected chi connectivity index (χ2v) is 5.75. The normalized spacial score (nSPS) is 22.4. The number of aliphatic carboxylic acids is 1. The van der Waals surface area contributed by atoms with Gasteiger partial charge in [0.05, 0.1) is 6.42 Å². The van der Waals surface area contributed by atoms with Gasteiger partial charge in [-0.2, -0.15) is 0 Å². The highest BCUT2D eigenvalue weighted by atomic mass is 16.4. The molecule has 0 spiro atoms. The Morgan fingerprint density at radius 1 is 1.44 bits per heavy atom. The van der Waals surface area contributed by atoms with E-state index in [9.17, 15) is 4.79 Å². The van der Waals surface area contributed by atoms with E-state index in [2.05, 4.69) is 11.8 Å². The summed E-state index contributed by atoms with van der Waals surface area (Å²) in [6.07, 6.45) is 6.54. The summed E-state index contributed by atoms with van der Waals surface area (Å²) in [7, 11) is 0. The maximum Gasteiger partial charge on any atom is 0.303 e. The molecule has 0 aliphatic heterocycles. The molecule has 3 nitrogen and oxygen atoms in total. The van der Waals surface area contributed by atoms with Gasteiger partial charge in [0.15, 0.2) is 0 Å². The number of nitrogens with zero attached hydrogens (tertiary/aromatic N) is 1. The van der Waals surface area contributed by atoms with Crippen LogP contribution in [0.5, 0.6) is 0 Å². The van der Waals surface area contributed by atoms with Crippen LogP contribution < -0.4 is 0 Å². The van der Waals surface area contributed by atoms with Crippen molar-refractivity contribution in [3.63, 3.8) is 0 Å². The first-order chi connectivity index (χ1) is 7.63. The third-order valence-corrected chi connectivity index (χ3v) is 3.80. The molecular formula is C13H23NO2. The van der Waals surface area contributed by atoms with Crippen LogP contribution >= 0.6 is 0 Å². The molecule has 0 atom stereocenters. The van der Waals surface area contributed by atoms with Crippen LogP contribution in [0.2, 0.25) is 0 Å². The first-order valence-corrected chi connectivity index (χ1v) is 6.58. The van der Waals surface area contributed by atoms with Crippen LogP contribution in [0.4, 0.5) is 0 Å². The summed E-state index contributed by atoms with van der Waals surface area (Å²) >= 11 is 0. The first-order valence-electron chi connectivity index (χ1n) is 6.58. The van der Waals surface area contributed by atoms with E-state index in [0.717, 1.165) is 31.8 Å². The number of carboxylic acids is 1. The van der Waals surface area contributed by atoms with Gasteiger partial charge in [-0.3, -0.25) is 4.79 Å². The first kappa shape index (κ1) is 11.9. The number of carbonyl (C=O) groups is 1. The predicted octanol–water partition coefficient (Wildman–Crippen LogP) is 2.36. The van der Waals surface area contributed by atoms with E-state index < -0.39 is 5.97 Å². The second kappa shape index (κ2) is 4.74. The van der Waals surface area contributed by atoms with E-state index in [1.54, 1.807) is 0 Å².